The maximum Gasteiger partial charge on any atom is 0.263 e. The summed E-state index contributed by atoms with van der Waals surface area (Å²) in [5.74, 6) is 0.716. The average molecular weight is 324 g/mol. The highest BCUT2D eigenvalue weighted by Gasteiger charge is 2.08. The molecule has 0 aliphatic carbocycles. The first-order valence-corrected chi connectivity index (χ1v) is 7.42. The Morgan fingerprint density at radius 3 is 2.54 bits per heavy atom. The van der Waals surface area contributed by atoms with E-state index in [-0.39, 0.29) is 11.7 Å². The summed E-state index contributed by atoms with van der Waals surface area (Å²) in [5.41, 5.74) is 1.33. The molecule has 1 amide bonds. The maximum atomic E-state index is 11.9. The summed E-state index contributed by atoms with van der Waals surface area (Å²) in [7, 11) is 0. The Labute approximate surface area is 138 Å². The number of phenols is 1. The summed E-state index contributed by atoms with van der Waals surface area (Å²) in [6.07, 6.45) is 0. The van der Waals surface area contributed by atoms with Gasteiger partial charge in [0, 0.05) is 24.2 Å². The second kappa shape index (κ2) is 7.28. The first-order valence-electron chi connectivity index (χ1n) is 7.42. The third-order valence-electron chi connectivity index (χ3n) is 3.27. The van der Waals surface area contributed by atoms with Crippen molar-refractivity contribution in [3.8, 4) is 17.2 Å². The molecule has 0 saturated heterocycles. The maximum absolute atomic E-state index is 11.9. The van der Waals surface area contributed by atoms with Crippen molar-refractivity contribution in [2.45, 2.75) is 0 Å². The van der Waals surface area contributed by atoms with Gasteiger partial charge in [-0.15, -0.1) is 0 Å². The van der Waals surface area contributed by atoms with E-state index in [2.05, 4.69) is 20.8 Å². The van der Waals surface area contributed by atoms with Crippen LogP contribution < -0.4 is 10.6 Å². The highest BCUT2D eigenvalue weighted by molar-refractivity contribution is 5.94. The molecule has 3 aromatic rings. The first-order chi connectivity index (χ1) is 11.7. The molecule has 0 radical (unpaired) electrons. The first kappa shape index (κ1) is 15.5. The summed E-state index contributed by atoms with van der Waals surface area (Å²) in [5, 5.41) is 18.8. The SMILES string of the molecule is O=C(NCCNc1noc(-c2ccccc2)n1)c1ccc(O)cc1. The number of aromatic nitrogens is 2. The number of carbonyl (C=O) groups excluding carboxylic acids is 1. The van der Waals surface area contributed by atoms with Crippen LogP contribution in [0.5, 0.6) is 5.75 Å². The van der Waals surface area contributed by atoms with Gasteiger partial charge in [0.1, 0.15) is 5.75 Å². The van der Waals surface area contributed by atoms with E-state index in [1.165, 1.54) is 12.1 Å². The smallest absolute Gasteiger partial charge is 0.263 e. The van der Waals surface area contributed by atoms with Gasteiger partial charge in [-0.3, -0.25) is 4.79 Å². The third-order valence-corrected chi connectivity index (χ3v) is 3.27. The Bertz CT molecular complexity index is 800. The number of nitrogens with zero attached hydrogens (tertiary/aromatic N) is 2. The van der Waals surface area contributed by atoms with Crippen LogP contribution >= 0.6 is 0 Å². The zero-order chi connectivity index (χ0) is 16.8. The molecule has 1 aromatic heterocycles. The molecule has 3 rings (SSSR count). The molecule has 0 aliphatic rings. The number of phenolic OH excluding ortho intramolecular Hbond substituents is 1. The highest BCUT2D eigenvalue weighted by atomic mass is 16.5. The number of benzene rings is 2. The lowest BCUT2D eigenvalue weighted by Gasteiger charge is -2.05. The normalized spacial score (nSPS) is 10.3. The largest absolute Gasteiger partial charge is 0.508 e. The van der Waals surface area contributed by atoms with E-state index in [1.807, 2.05) is 30.3 Å². The van der Waals surface area contributed by atoms with Crippen molar-refractivity contribution in [1.29, 1.82) is 0 Å². The van der Waals surface area contributed by atoms with Crippen molar-refractivity contribution in [1.82, 2.24) is 15.5 Å². The molecular formula is C17H16N4O3. The van der Waals surface area contributed by atoms with Crippen LogP contribution in [0.25, 0.3) is 11.5 Å². The fourth-order valence-electron chi connectivity index (χ4n) is 2.06. The number of nitrogens with one attached hydrogen (secondary N) is 2. The lowest BCUT2D eigenvalue weighted by molar-refractivity contribution is 0.0955. The predicted octanol–water partition coefficient (Wildman–Crippen LogP) is 2.28. The van der Waals surface area contributed by atoms with Crippen LogP contribution in [0, 0.1) is 0 Å². The number of anilines is 1. The second-order valence-electron chi connectivity index (χ2n) is 5.02. The van der Waals surface area contributed by atoms with Gasteiger partial charge in [0.05, 0.1) is 0 Å². The van der Waals surface area contributed by atoms with Crippen LogP contribution in [0.3, 0.4) is 0 Å². The summed E-state index contributed by atoms with van der Waals surface area (Å²) >= 11 is 0. The van der Waals surface area contributed by atoms with Crippen molar-refractivity contribution in [2.75, 3.05) is 18.4 Å². The topological polar surface area (TPSA) is 100 Å². The summed E-state index contributed by atoms with van der Waals surface area (Å²) < 4.78 is 5.17. The Hall–Kier alpha value is -3.35. The number of amides is 1. The van der Waals surface area contributed by atoms with Gasteiger partial charge in [0.25, 0.3) is 17.7 Å². The van der Waals surface area contributed by atoms with Gasteiger partial charge >= 0.3 is 0 Å². The molecule has 2 aromatic carbocycles. The molecule has 0 atom stereocenters. The molecule has 7 heteroatoms. The minimum atomic E-state index is -0.213. The molecular weight excluding hydrogens is 308 g/mol. The molecule has 0 spiro atoms. The quantitative estimate of drug-likeness (QED) is 0.602. The highest BCUT2D eigenvalue weighted by Crippen LogP contribution is 2.17. The molecule has 0 saturated carbocycles. The van der Waals surface area contributed by atoms with Crippen molar-refractivity contribution < 1.29 is 14.4 Å². The van der Waals surface area contributed by atoms with Gasteiger partial charge in [0.2, 0.25) is 0 Å². The van der Waals surface area contributed by atoms with Crippen LogP contribution in [-0.2, 0) is 0 Å². The molecule has 0 bridgehead atoms. The zero-order valence-electron chi connectivity index (χ0n) is 12.8. The minimum absolute atomic E-state index is 0.125. The average Bonchev–Trinajstić information content (AvgIpc) is 3.09. The van der Waals surface area contributed by atoms with Gasteiger partial charge in [-0.2, -0.15) is 4.98 Å². The van der Waals surface area contributed by atoms with E-state index in [1.54, 1.807) is 12.1 Å². The van der Waals surface area contributed by atoms with Crippen LogP contribution in [0.15, 0.2) is 59.1 Å². The molecule has 122 valence electrons. The van der Waals surface area contributed by atoms with Gasteiger partial charge in [0.15, 0.2) is 0 Å². The Morgan fingerprint density at radius 1 is 1.04 bits per heavy atom. The van der Waals surface area contributed by atoms with E-state index in [0.29, 0.717) is 30.5 Å². The fraction of sp³-hybridized carbons (Fsp3) is 0.118. The molecule has 3 N–H and O–H groups in total. The molecule has 1 heterocycles. The number of rotatable bonds is 6. The van der Waals surface area contributed by atoms with Crippen molar-refractivity contribution >= 4 is 11.9 Å². The van der Waals surface area contributed by atoms with E-state index >= 15 is 0 Å². The minimum Gasteiger partial charge on any atom is -0.508 e. The van der Waals surface area contributed by atoms with E-state index in [4.69, 9.17) is 4.52 Å². The van der Waals surface area contributed by atoms with Crippen LogP contribution in [0.4, 0.5) is 5.95 Å². The molecule has 0 fully saturated rings. The van der Waals surface area contributed by atoms with E-state index in [9.17, 15) is 9.90 Å². The lowest BCUT2D eigenvalue weighted by Crippen LogP contribution is -2.28. The third kappa shape index (κ3) is 3.89. The van der Waals surface area contributed by atoms with Crippen LogP contribution in [-0.4, -0.2) is 34.2 Å². The standard InChI is InChI=1S/C17H16N4O3/c22-14-8-6-12(7-9-14)15(23)18-10-11-19-17-20-16(24-21-17)13-4-2-1-3-5-13/h1-9,22H,10-11H2,(H,18,23)(H,19,21). The number of carbonyl (C=O) groups is 1. The Balaban J connectivity index is 1.46. The fourth-order valence-corrected chi connectivity index (χ4v) is 2.06. The number of hydrogen-bond donors (Lipinski definition) is 3. The van der Waals surface area contributed by atoms with Crippen molar-refractivity contribution in [2.24, 2.45) is 0 Å². The second-order valence-corrected chi connectivity index (χ2v) is 5.02. The van der Waals surface area contributed by atoms with Crippen LogP contribution in [0.2, 0.25) is 0 Å². The van der Waals surface area contributed by atoms with Crippen LogP contribution in [0.1, 0.15) is 10.4 Å². The summed E-state index contributed by atoms with van der Waals surface area (Å²) in [4.78, 5) is 16.1. The summed E-state index contributed by atoms with van der Waals surface area (Å²) in [6.45, 7) is 0.854. The van der Waals surface area contributed by atoms with E-state index in [0.717, 1.165) is 5.56 Å². The van der Waals surface area contributed by atoms with Gasteiger partial charge in [-0.1, -0.05) is 18.2 Å². The number of aromatic hydroxyl groups is 1. The van der Waals surface area contributed by atoms with Gasteiger partial charge < -0.3 is 20.3 Å². The predicted molar refractivity (Wildman–Crippen MR) is 88.7 cm³/mol. The Kier molecular flexibility index (Phi) is 4.71. The van der Waals surface area contributed by atoms with Gasteiger partial charge in [-0.05, 0) is 41.6 Å². The lowest BCUT2D eigenvalue weighted by atomic mass is 10.2. The molecule has 7 nitrogen and oxygen atoms in total. The van der Waals surface area contributed by atoms with Crippen molar-refractivity contribution in [3.63, 3.8) is 0 Å². The Morgan fingerprint density at radius 2 is 1.79 bits per heavy atom. The van der Waals surface area contributed by atoms with Gasteiger partial charge in [-0.25, -0.2) is 0 Å². The number of hydrogen-bond acceptors (Lipinski definition) is 6. The molecule has 24 heavy (non-hydrogen) atoms. The summed E-state index contributed by atoms with van der Waals surface area (Å²) in [6, 6.07) is 15.5. The molecule has 0 aliphatic heterocycles. The monoisotopic (exact) mass is 324 g/mol. The molecule has 0 unspecified atom stereocenters. The zero-order valence-corrected chi connectivity index (χ0v) is 12.8. The van der Waals surface area contributed by atoms with Crippen molar-refractivity contribution in [3.05, 3.63) is 60.2 Å². The van der Waals surface area contributed by atoms with E-state index < -0.39 is 0 Å².